The van der Waals surface area contributed by atoms with Gasteiger partial charge in [-0.2, -0.15) is 0 Å². The fraction of sp³-hybridized carbons (Fsp3) is 0.571. The van der Waals surface area contributed by atoms with Crippen molar-refractivity contribution in [3.8, 4) is 5.75 Å². The molecule has 0 aliphatic rings. The second-order valence-corrected chi connectivity index (χ2v) is 4.25. The molecule has 0 aliphatic carbocycles. The zero-order valence-electron chi connectivity index (χ0n) is 11.9. The molecule has 0 fully saturated rings. The van der Waals surface area contributed by atoms with E-state index in [2.05, 4.69) is 5.32 Å². The van der Waals surface area contributed by atoms with E-state index in [0.29, 0.717) is 38.3 Å². The summed E-state index contributed by atoms with van der Waals surface area (Å²) in [5, 5.41) is 3.02. The lowest BCUT2D eigenvalue weighted by atomic mass is 10.2. The number of hydrogen-bond donors (Lipinski definition) is 1. The molecule has 0 aliphatic heterocycles. The van der Waals surface area contributed by atoms with Crippen LogP contribution in [0.1, 0.15) is 12.0 Å². The second kappa shape index (κ2) is 9.63. The van der Waals surface area contributed by atoms with Crippen molar-refractivity contribution in [2.75, 3.05) is 40.6 Å². The van der Waals surface area contributed by atoms with E-state index in [1.807, 2.05) is 0 Å². The molecule has 1 N–H and O–H groups in total. The molecule has 0 heterocycles. The van der Waals surface area contributed by atoms with Crippen molar-refractivity contribution < 1.29 is 23.0 Å². The monoisotopic (exact) mass is 289 g/mol. The minimum absolute atomic E-state index is 0.215. The van der Waals surface area contributed by atoms with Crippen LogP contribution in [0.2, 0.25) is 0 Å². The standard InChI is InChI=1S/C14H21F2NO3/c1-18-5-3-6-20-14-12(15)8-11(9-13(14)16)10-17-4-7-19-2/h8-9,17H,3-7,10H2,1-2H3. The quantitative estimate of drug-likeness (QED) is 0.670. The molecule has 0 atom stereocenters. The van der Waals surface area contributed by atoms with Gasteiger partial charge in [-0.3, -0.25) is 0 Å². The van der Waals surface area contributed by atoms with E-state index in [9.17, 15) is 8.78 Å². The van der Waals surface area contributed by atoms with Gasteiger partial charge in [0.1, 0.15) is 0 Å². The van der Waals surface area contributed by atoms with E-state index in [1.165, 1.54) is 12.1 Å². The zero-order valence-corrected chi connectivity index (χ0v) is 11.9. The number of ether oxygens (including phenoxy) is 3. The second-order valence-electron chi connectivity index (χ2n) is 4.25. The number of rotatable bonds is 10. The van der Waals surface area contributed by atoms with E-state index in [1.54, 1.807) is 14.2 Å². The molecule has 4 nitrogen and oxygen atoms in total. The highest BCUT2D eigenvalue weighted by Gasteiger charge is 2.12. The SMILES string of the molecule is COCCCOc1c(F)cc(CNCCOC)cc1F. The van der Waals surface area contributed by atoms with E-state index >= 15 is 0 Å². The van der Waals surface area contributed by atoms with Gasteiger partial charge in [0.25, 0.3) is 0 Å². The normalized spacial score (nSPS) is 10.8. The Hall–Kier alpha value is -1.24. The fourth-order valence-corrected chi connectivity index (χ4v) is 1.64. The molecule has 0 saturated carbocycles. The van der Waals surface area contributed by atoms with Crippen molar-refractivity contribution in [1.82, 2.24) is 5.32 Å². The van der Waals surface area contributed by atoms with E-state index in [0.717, 1.165) is 0 Å². The summed E-state index contributed by atoms with van der Waals surface area (Å²) < 4.78 is 42.3. The number of halogens is 2. The van der Waals surface area contributed by atoms with Gasteiger partial charge in [0.15, 0.2) is 17.4 Å². The summed E-state index contributed by atoms with van der Waals surface area (Å²) in [6.07, 6.45) is 0.579. The Labute approximate surface area is 118 Å². The average molecular weight is 289 g/mol. The van der Waals surface area contributed by atoms with Crippen LogP contribution in [0.4, 0.5) is 8.78 Å². The molecule has 0 amide bonds. The molecule has 114 valence electrons. The van der Waals surface area contributed by atoms with Gasteiger partial charge in [0.05, 0.1) is 13.2 Å². The highest BCUT2D eigenvalue weighted by Crippen LogP contribution is 2.23. The Kier molecular flexibility index (Phi) is 8.10. The number of nitrogens with one attached hydrogen (secondary N) is 1. The minimum atomic E-state index is -0.689. The lowest BCUT2D eigenvalue weighted by Crippen LogP contribution is -2.18. The number of methoxy groups -OCH3 is 2. The third kappa shape index (κ3) is 5.81. The molecule has 0 aromatic heterocycles. The average Bonchev–Trinajstić information content (AvgIpc) is 2.42. The van der Waals surface area contributed by atoms with Gasteiger partial charge in [0, 0.05) is 40.3 Å². The van der Waals surface area contributed by atoms with Gasteiger partial charge in [-0.05, 0) is 17.7 Å². The van der Waals surface area contributed by atoms with E-state index < -0.39 is 11.6 Å². The van der Waals surface area contributed by atoms with Gasteiger partial charge in [-0.25, -0.2) is 8.78 Å². The molecular formula is C14H21F2NO3. The van der Waals surface area contributed by atoms with Crippen LogP contribution in [0.3, 0.4) is 0 Å². The van der Waals surface area contributed by atoms with Crippen molar-refractivity contribution in [2.45, 2.75) is 13.0 Å². The van der Waals surface area contributed by atoms with Crippen molar-refractivity contribution in [3.05, 3.63) is 29.3 Å². The number of benzene rings is 1. The molecule has 1 rings (SSSR count). The van der Waals surface area contributed by atoms with Crippen LogP contribution in [0.25, 0.3) is 0 Å². The number of hydrogen-bond acceptors (Lipinski definition) is 4. The smallest absolute Gasteiger partial charge is 0.190 e. The molecule has 0 spiro atoms. The largest absolute Gasteiger partial charge is 0.488 e. The molecule has 0 radical (unpaired) electrons. The van der Waals surface area contributed by atoms with Crippen LogP contribution in [-0.4, -0.2) is 40.6 Å². The molecular weight excluding hydrogens is 268 g/mol. The summed E-state index contributed by atoms with van der Waals surface area (Å²) in [5.41, 5.74) is 0.528. The van der Waals surface area contributed by atoms with Crippen molar-refractivity contribution >= 4 is 0 Å². The van der Waals surface area contributed by atoms with E-state index in [-0.39, 0.29) is 12.4 Å². The van der Waals surface area contributed by atoms with Crippen molar-refractivity contribution in [1.29, 1.82) is 0 Å². The third-order valence-electron chi connectivity index (χ3n) is 2.61. The molecule has 6 heteroatoms. The predicted octanol–water partition coefficient (Wildman–Crippen LogP) is 2.12. The Morgan fingerprint density at radius 3 is 2.25 bits per heavy atom. The lowest BCUT2D eigenvalue weighted by Gasteiger charge is -2.10. The lowest BCUT2D eigenvalue weighted by molar-refractivity contribution is 0.168. The Morgan fingerprint density at radius 1 is 1.00 bits per heavy atom. The van der Waals surface area contributed by atoms with Gasteiger partial charge >= 0.3 is 0 Å². The maximum atomic E-state index is 13.7. The molecule has 0 unspecified atom stereocenters. The Bertz CT molecular complexity index is 379. The molecule has 1 aromatic rings. The maximum absolute atomic E-state index is 13.7. The van der Waals surface area contributed by atoms with Crippen LogP contribution < -0.4 is 10.1 Å². The van der Waals surface area contributed by atoms with E-state index in [4.69, 9.17) is 14.2 Å². The first-order chi connectivity index (χ1) is 9.69. The van der Waals surface area contributed by atoms with Crippen LogP contribution >= 0.6 is 0 Å². The fourth-order valence-electron chi connectivity index (χ4n) is 1.64. The van der Waals surface area contributed by atoms with Crippen LogP contribution in [0, 0.1) is 11.6 Å². The van der Waals surface area contributed by atoms with Gasteiger partial charge in [-0.1, -0.05) is 0 Å². The summed E-state index contributed by atoms with van der Waals surface area (Å²) in [7, 11) is 3.16. The molecule has 1 aromatic carbocycles. The topological polar surface area (TPSA) is 39.7 Å². The highest BCUT2D eigenvalue weighted by atomic mass is 19.1. The van der Waals surface area contributed by atoms with Crippen molar-refractivity contribution in [2.24, 2.45) is 0 Å². The minimum Gasteiger partial charge on any atom is -0.488 e. The first kappa shape index (κ1) is 16.8. The highest BCUT2D eigenvalue weighted by molar-refractivity contribution is 5.31. The summed E-state index contributed by atoms with van der Waals surface area (Å²) in [4.78, 5) is 0. The molecule has 0 bridgehead atoms. The maximum Gasteiger partial charge on any atom is 0.190 e. The summed E-state index contributed by atoms with van der Waals surface area (Å²) in [6.45, 7) is 2.25. The summed E-state index contributed by atoms with van der Waals surface area (Å²) in [5.74, 6) is -1.71. The van der Waals surface area contributed by atoms with Crippen LogP contribution in [-0.2, 0) is 16.0 Å². The van der Waals surface area contributed by atoms with Crippen molar-refractivity contribution in [3.63, 3.8) is 0 Å². The third-order valence-corrected chi connectivity index (χ3v) is 2.61. The Morgan fingerprint density at radius 2 is 1.65 bits per heavy atom. The zero-order chi connectivity index (χ0) is 14.8. The molecule has 20 heavy (non-hydrogen) atoms. The first-order valence-electron chi connectivity index (χ1n) is 6.48. The van der Waals surface area contributed by atoms with Gasteiger partial charge in [0.2, 0.25) is 0 Å². The summed E-state index contributed by atoms with van der Waals surface area (Å²) in [6, 6.07) is 2.54. The first-order valence-corrected chi connectivity index (χ1v) is 6.48. The Balaban J connectivity index is 2.52. The molecule has 0 saturated heterocycles. The van der Waals surface area contributed by atoms with Gasteiger partial charge in [-0.15, -0.1) is 0 Å². The summed E-state index contributed by atoms with van der Waals surface area (Å²) >= 11 is 0. The van der Waals surface area contributed by atoms with Crippen LogP contribution in [0.15, 0.2) is 12.1 Å². The predicted molar refractivity (Wildman–Crippen MR) is 71.9 cm³/mol. The van der Waals surface area contributed by atoms with Crippen LogP contribution in [0.5, 0.6) is 5.75 Å². The van der Waals surface area contributed by atoms with Gasteiger partial charge < -0.3 is 19.5 Å².